The van der Waals surface area contributed by atoms with Gasteiger partial charge >= 0.3 is 5.97 Å². The number of amides is 1. The van der Waals surface area contributed by atoms with E-state index < -0.39 is 11.4 Å². The Morgan fingerprint density at radius 2 is 2.05 bits per heavy atom. The summed E-state index contributed by atoms with van der Waals surface area (Å²) in [6.07, 6.45) is 0.760. The third-order valence-electron chi connectivity index (χ3n) is 3.75. The average molecular weight is 313 g/mol. The minimum atomic E-state index is -0.967. The van der Waals surface area contributed by atoms with Gasteiger partial charge in [0, 0.05) is 25.3 Å². The number of carboxylic acids is 1. The number of rotatable bonds is 4. The van der Waals surface area contributed by atoms with Gasteiger partial charge in [0.25, 0.3) is 5.91 Å². The van der Waals surface area contributed by atoms with Gasteiger partial charge in [-0.1, -0.05) is 11.6 Å². The van der Waals surface area contributed by atoms with Crippen LogP contribution in [-0.2, 0) is 9.53 Å². The Balaban J connectivity index is 2.05. The molecule has 0 spiro atoms. The third kappa shape index (κ3) is 3.46. The lowest BCUT2D eigenvalue weighted by Crippen LogP contribution is -2.46. The van der Waals surface area contributed by atoms with E-state index in [4.69, 9.17) is 22.1 Å². The number of hydrogen-bond donors (Lipinski definition) is 3. The number of benzene rings is 1. The van der Waals surface area contributed by atoms with Crippen molar-refractivity contribution in [3.05, 3.63) is 28.8 Å². The number of carboxylic acid groups (broad SMARTS) is 1. The fraction of sp³-hybridized carbons (Fsp3) is 0.429. The molecule has 1 aliphatic heterocycles. The van der Waals surface area contributed by atoms with Crippen LogP contribution in [0.5, 0.6) is 0 Å². The molecule has 0 radical (unpaired) electrons. The molecule has 1 aromatic rings. The molecule has 0 atom stereocenters. The predicted octanol–water partition coefficient (Wildman–Crippen LogP) is 1.53. The van der Waals surface area contributed by atoms with E-state index in [2.05, 4.69) is 5.32 Å². The Morgan fingerprint density at radius 1 is 1.38 bits per heavy atom. The quantitative estimate of drug-likeness (QED) is 0.732. The number of nitrogen functional groups attached to an aromatic ring is 1. The minimum Gasteiger partial charge on any atom is -0.481 e. The number of nitrogens with one attached hydrogen (secondary N) is 1. The summed E-state index contributed by atoms with van der Waals surface area (Å²) in [5, 5.41) is 12.4. The number of hydrogen-bond acceptors (Lipinski definition) is 4. The molecule has 1 heterocycles. The Labute approximate surface area is 127 Å². The van der Waals surface area contributed by atoms with Crippen molar-refractivity contribution in [3.63, 3.8) is 0 Å². The number of nitrogens with two attached hydrogens (primary N) is 1. The summed E-state index contributed by atoms with van der Waals surface area (Å²) in [6, 6.07) is 4.55. The van der Waals surface area contributed by atoms with Crippen LogP contribution in [0.3, 0.4) is 0 Å². The maximum absolute atomic E-state index is 12.1. The van der Waals surface area contributed by atoms with Crippen LogP contribution in [0, 0.1) is 5.41 Å². The lowest BCUT2D eigenvalue weighted by Gasteiger charge is -2.33. The highest BCUT2D eigenvalue weighted by Gasteiger charge is 2.40. The summed E-state index contributed by atoms with van der Waals surface area (Å²) in [7, 11) is 0. The van der Waals surface area contributed by atoms with Gasteiger partial charge < -0.3 is 20.9 Å². The Bertz CT molecular complexity index is 556. The van der Waals surface area contributed by atoms with Gasteiger partial charge in [0.1, 0.15) is 0 Å². The summed E-state index contributed by atoms with van der Waals surface area (Å²) in [5.74, 6) is -1.29. The molecule has 2 rings (SSSR count). The first-order valence-electron chi connectivity index (χ1n) is 6.59. The third-order valence-corrected chi connectivity index (χ3v) is 4.08. The van der Waals surface area contributed by atoms with E-state index in [1.807, 2.05) is 0 Å². The maximum atomic E-state index is 12.1. The van der Waals surface area contributed by atoms with Crippen LogP contribution in [0.2, 0.25) is 5.02 Å². The van der Waals surface area contributed by atoms with Crippen molar-refractivity contribution in [2.24, 2.45) is 5.41 Å². The van der Waals surface area contributed by atoms with Crippen LogP contribution in [0.25, 0.3) is 0 Å². The second kappa shape index (κ2) is 6.32. The van der Waals surface area contributed by atoms with E-state index in [1.54, 1.807) is 12.1 Å². The van der Waals surface area contributed by atoms with Crippen molar-refractivity contribution in [3.8, 4) is 0 Å². The zero-order chi connectivity index (χ0) is 15.5. The van der Waals surface area contributed by atoms with Gasteiger partial charge in [0.2, 0.25) is 0 Å². The first-order valence-corrected chi connectivity index (χ1v) is 6.97. The monoisotopic (exact) mass is 312 g/mol. The standard InChI is InChI=1S/C14H17ClN2O4/c15-10-7-9(1-2-11(10)16)12(18)17-8-14(13(19)20)3-5-21-6-4-14/h1-2,7H,3-6,8,16H2,(H,17,18)(H,19,20). The normalized spacial score (nSPS) is 17.2. The van der Waals surface area contributed by atoms with Crippen LogP contribution in [0.4, 0.5) is 5.69 Å². The van der Waals surface area contributed by atoms with E-state index in [0.717, 1.165) is 0 Å². The zero-order valence-corrected chi connectivity index (χ0v) is 12.2. The molecule has 4 N–H and O–H groups in total. The number of anilines is 1. The molecular formula is C14H17ClN2O4. The highest BCUT2D eigenvalue weighted by molar-refractivity contribution is 6.33. The lowest BCUT2D eigenvalue weighted by molar-refractivity contribution is -0.154. The van der Waals surface area contributed by atoms with Crippen LogP contribution in [-0.4, -0.2) is 36.7 Å². The molecule has 1 fully saturated rings. The summed E-state index contributed by atoms with van der Waals surface area (Å²) < 4.78 is 5.19. The molecule has 7 heteroatoms. The fourth-order valence-corrected chi connectivity index (χ4v) is 2.43. The summed E-state index contributed by atoms with van der Waals surface area (Å²) in [4.78, 5) is 23.6. The van der Waals surface area contributed by atoms with E-state index in [-0.39, 0.29) is 12.5 Å². The molecule has 1 aliphatic rings. The van der Waals surface area contributed by atoms with Gasteiger partial charge in [-0.25, -0.2) is 0 Å². The largest absolute Gasteiger partial charge is 0.481 e. The van der Waals surface area contributed by atoms with Gasteiger partial charge in [-0.3, -0.25) is 9.59 Å². The molecule has 1 amide bonds. The molecule has 0 aromatic heterocycles. The molecule has 0 bridgehead atoms. The summed E-state index contributed by atoms with van der Waals surface area (Å²) in [5.41, 5.74) is 5.36. The molecule has 114 valence electrons. The highest BCUT2D eigenvalue weighted by atomic mass is 35.5. The van der Waals surface area contributed by atoms with Gasteiger partial charge in [-0.15, -0.1) is 0 Å². The van der Waals surface area contributed by atoms with Crippen LogP contribution in [0.1, 0.15) is 23.2 Å². The number of carbonyl (C=O) groups excluding carboxylic acids is 1. The molecule has 0 unspecified atom stereocenters. The van der Waals surface area contributed by atoms with E-state index >= 15 is 0 Å². The molecule has 1 saturated heterocycles. The van der Waals surface area contributed by atoms with Crippen LogP contribution in [0.15, 0.2) is 18.2 Å². The smallest absolute Gasteiger partial charge is 0.311 e. The molecule has 1 aromatic carbocycles. The summed E-state index contributed by atoms with van der Waals surface area (Å²) in [6.45, 7) is 0.832. The second-order valence-electron chi connectivity index (χ2n) is 5.12. The predicted molar refractivity (Wildman–Crippen MR) is 78.3 cm³/mol. The van der Waals surface area contributed by atoms with Gasteiger partial charge in [-0.05, 0) is 31.0 Å². The van der Waals surface area contributed by atoms with Crippen molar-refractivity contribution in [2.75, 3.05) is 25.5 Å². The van der Waals surface area contributed by atoms with Gasteiger partial charge in [-0.2, -0.15) is 0 Å². The molecule has 0 saturated carbocycles. The molecular weight excluding hydrogens is 296 g/mol. The first-order chi connectivity index (χ1) is 9.94. The molecule has 0 aliphatic carbocycles. The number of ether oxygens (including phenoxy) is 1. The topological polar surface area (TPSA) is 102 Å². The van der Waals surface area contributed by atoms with E-state index in [9.17, 15) is 14.7 Å². The van der Waals surface area contributed by atoms with Gasteiger partial charge in [0.15, 0.2) is 0 Å². The zero-order valence-electron chi connectivity index (χ0n) is 11.4. The highest BCUT2D eigenvalue weighted by Crippen LogP contribution is 2.30. The van der Waals surface area contributed by atoms with E-state index in [0.29, 0.717) is 42.3 Å². The number of halogens is 1. The van der Waals surface area contributed by atoms with Crippen LogP contribution < -0.4 is 11.1 Å². The van der Waals surface area contributed by atoms with Crippen molar-refractivity contribution in [1.82, 2.24) is 5.32 Å². The lowest BCUT2D eigenvalue weighted by atomic mass is 9.80. The summed E-state index contributed by atoms with van der Waals surface area (Å²) >= 11 is 5.87. The Hall–Kier alpha value is -1.79. The fourth-order valence-electron chi connectivity index (χ4n) is 2.25. The van der Waals surface area contributed by atoms with Crippen molar-refractivity contribution < 1.29 is 19.4 Å². The number of aliphatic carboxylic acids is 1. The second-order valence-corrected chi connectivity index (χ2v) is 5.52. The minimum absolute atomic E-state index is 0.0620. The molecule has 6 nitrogen and oxygen atoms in total. The SMILES string of the molecule is Nc1ccc(C(=O)NCC2(C(=O)O)CCOCC2)cc1Cl. The maximum Gasteiger partial charge on any atom is 0.311 e. The van der Waals surface area contributed by atoms with Gasteiger partial charge in [0.05, 0.1) is 16.1 Å². The first kappa shape index (κ1) is 15.6. The molecule has 21 heavy (non-hydrogen) atoms. The van der Waals surface area contributed by atoms with Crippen molar-refractivity contribution >= 4 is 29.2 Å². The van der Waals surface area contributed by atoms with Crippen molar-refractivity contribution in [1.29, 1.82) is 0 Å². The Kier molecular flexibility index (Phi) is 4.69. The Morgan fingerprint density at radius 3 is 2.62 bits per heavy atom. The van der Waals surface area contributed by atoms with Crippen LogP contribution >= 0.6 is 11.6 Å². The average Bonchev–Trinajstić information content (AvgIpc) is 2.48. The van der Waals surface area contributed by atoms with E-state index in [1.165, 1.54) is 6.07 Å². The van der Waals surface area contributed by atoms with Crippen molar-refractivity contribution in [2.45, 2.75) is 12.8 Å². The number of carbonyl (C=O) groups is 2.